The summed E-state index contributed by atoms with van der Waals surface area (Å²) < 4.78 is 10.2. The number of hydrogen-bond donors (Lipinski definition) is 0. The van der Waals surface area contributed by atoms with E-state index >= 15 is 0 Å². The van der Waals surface area contributed by atoms with Crippen molar-refractivity contribution in [1.82, 2.24) is 0 Å². The van der Waals surface area contributed by atoms with Crippen LogP contribution in [0, 0.1) is 23.7 Å². The molecule has 30 heavy (non-hydrogen) atoms. The summed E-state index contributed by atoms with van der Waals surface area (Å²) >= 11 is 0. The van der Waals surface area contributed by atoms with Crippen LogP contribution in [0.3, 0.4) is 0 Å². The monoisotopic (exact) mass is 418 g/mol. The fourth-order valence-electron chi connectivity index (χ4n) is 3.09. The smallest absolute Gasteiger partial charge is 0.305 e. The first kappa shape index (κ1) is 28.1. The van der Waals surface area contributed by atoms with E-state index in [9.17, 15) is 9.59 Å². The van der Waals surface area contributed by atoms with Gasteiger partial charge in [0.25, 0.3) is 0 Å². The Bertz CT molecular complexity index is 495. The zero-order chi connectivity index (χ0) is 22.1. The van der Waals surface area contributed by atoms with E-state index in [0.717, 1.165) is 64.2 Å². The van der Waals surface area contributed by atoms with Crippen LogP contribution in [0.1, 0.15) is 117 Å². The lowest BCUT2D eigenvalue weighted by Gasteiger charge is -2.07. The van der Waals surface area contributed by atoms with Gasteiger partial charge in [0.15, 0.2) is 0 Å². The number of unbranched alkanes of at least 4 members (excludes halogenated alkanes) is 12. The van der Waals surface area contributed by atoms with Crippen molar-refractivity contribution in [3.8, 4) is 23.7 Å². The predicted molar refractivity (Wildman–Crippen MR) is 123 cm³/mol. The summed E-state index contributed by atoms with van der Waals surface area (Å²) in [7, 11) is 0. The molecule has 170 valence electrons. The van der Waals surface area contributed by atoms with E-state index in [-0.39, 0.29) is 25.2 Å². The highest BCUT2D eigenvalue weighted by Gasteiger charge is 2.05. The third kappa shape index (κ3) is 22.4. The Labute approximate surface area is 184 Å². The molecule has 0 aliphatic heterocycles. The maximum Gasteiger partial charge on any atom is 0.305 e. The molecular weight excluding hydrogens is 376 g/mol. The van der Waals surface area contributed by atoms with Crippen molar-refractivity contribution < 1.29 is 19.1 Å². The Morgan fingerprint density at radius 1 is 0.533 bits per heavy atom. The summed E-state index contributed by atoms with van der Waals surface area (Å²) in [6.45, 7) is 4.06. The summed E-state index contributed by atoms with van der Waals surface area (Å²) in [6, 6.07) is 0. The van der Waals surface area contributed by atoms with Crippen LogP contribution in [0.25, 0.3) is 0 Å². The van der Waals surface area contributed by atoms with Crippen LogP contribution < -0.4 is 0 Å². The molecule has 0 amide bonds. The molecule has 0 fully saturated rings. The zero-order valence-electron chi connectivity index (χ0n) is 19.4. The molecule has 4 heteroatoms. The Kier molecular flexibility index (Phi) is 21.8. The molecular formula is C26H42O4. The van der Waals surface area contributed by atoms with Crippen molar-refractivity contribution in [2.75, 3.05) is 13.2 Å². The molecule has 0 aromatic carbocycles. The first-order valence-electron chi connectivity index (χ1n) is 11.8. The van der Waals surface area contributed by atoms with Crippen LogP contribution in [-0.2, 0) is 19.1 Å². The minimum absolute atomic E-state index is 0.156. The normalized spacial score (nSPS) is 9.80. The fraction of sp³-hybridized carbons (Fsp3) is 0.769. The van der Waals surface area contributed by atoms with Crippen molar-refractivity contribution in [2.45, 2.75) is 117 Å². The van der Waals surface area contributed by atoms with Crippen molar-refractivity contribution in [3.63, 3.8) is 0 Å². The Morgan fingerprint density at radius 3 is 1.23 bits per heavy atom. The lowest BCUT2D eigenvalue weighted by Crippen LogP contribution is -2.13. The second kappa shape index (κ2) is 23.3. The van der Waals surface area contributed by atoms with E-state index in [1.165, 1.54) is 25.7 Å². The third-order valence-corrected chi connectivity index (χ3v) is 4.83. The first-order valence-corrected chi connectivity index (χ1v) is 11.8. The van der Waals surface area contributed by atoms with Gasteiger partial charge in [-0.05, 0) is 39.5 Å². The standard InChI is InChI=1S/C26H42O4/c1-3-5-7-9-11-13-15-17-19-21-25(27)29-23-24-30-26(28)22-20-18-16-14-12-10-8-6-4-2/h7-24H2,1-2H3. The highest BCUT2D eigenvalue weighted by Crippen LogP contribution is 2.10. The highest BCUT2D eigenvalue weighted by molar-refractivity contribution is 5.70. The van der Waals surface area contributed by atoms with Gasteiger partial charge in [-0.2, -0.15) is 0 Å². The number of esters is 2. The number of hydrogen-bond acceptors (Lipinski definition) is 4. The molecule has 0 N–H and O–H groups in total. The molecule has 0 spiro atoms. The van der Waals surface area contributed by atoms with Crippen molar-refractivity contribution in [2.24, 2.45) is 0 Å². The van der Waals surface area contributed by atoms with E-state index < -0.39 is 0 Å². The summed E-state index contributed by atoms with van der Waals surface area (Å²) in [6.07, 6.45) is 16.1. The van der Waals surface area contributed by atoms with Gasteiger partial charge >= 0.3 is 11.9 Å². The molecule has 0 heterocycles. The second-order valence-corrected chi connectivity index (χ2v) is 7.54. The highest BCUT2D eigenvalue weighted by atomic mass is 16.6. The van der Waals surface area contributed by atoms with E-state index in [1.54, 1.807) is 0 Å². The summed E-state index contributed by atoms with van der Waals surface area (Å²) in [4.78, 5) is 23.3. The van der Waals surface area contributed by atoms with Crippen molar-refractivity contribution in [1.29, 1.82) is 0 Å². The van der Waals surface area contributed by atoms with E-state index in [2.05, 4.69) is 23.7 Å². The van der Waals surface area contributed by atoms with Gasteiger partial charge in [0, 0.05) is 25.7 Å². The molecule has 0 rings (SSSR count). The predicted octanol–water partition coefficient (Wildman–Crippen LogP) is 6.36. The Hall–Kier alpha value is -1.94. The van der Waals surface area contributed by atoms with Crippen molar-refractivity contribution >= 4 is 11.9 Å². The molecule has 0 saturated carbocycles. The van der Waals surface area contributed by atoms with Gasteiger partial charge in [-0.15, -0.1) is 23.7 Å². The fourth-order valence-corrected chi connectivity index (χ4v) is 3.09. The van der Waals surface area contributed by atoms with E-state index in [4.69, 9.17) is 9.47 Å². The lowest BCUT2D eigenvalue weighted by atomic mass is 10.1. The third-order valence-electron chi connectivity index (χ3n) is 4.83. The zero-order valence-corrected chi connectivity index (χ0v) is 19.4. The van der Waals surface area contributed by atoms with Crippen LogP contribution in [0.2, 0.25) is 0 Å². The number of carbonyl (C=O) groups excluding carboxylic acids is 2. The average molecular weight is 419 g/mol. The maximum atomic E-state index is 11.7. The summed E-state index contributed by atoms with van der Waals surface area (Å²) in [5, 5.41) is 0. The molecule has 0 atom stereocenters. The van der Waals surface area contributed by atoms with Gasteiger partial charge in [0.2, 0.25) is 0 Å². The topological polar surface area (TPSA) is 52.6 Å². The van der Waals surface area contributed by atoms with Gasteiger partial charge < -0.3 is 9.47 Å². The van der Waals surface area contributed by atoms with Crippen LogP contribution >= 0.6 is 0 Å². The number of carbonyl (C=O) groups is 2. The minimum atomic E-state index is -0.200. The van der Waals surface area contributed by atoms with E-state index in [0.29, 0.717) is 12.8 Å². The first-order chi connectivity index (χ1) is 14.7. The molecule has 0 bridgehead atoms. The van der Waals surface area contributed by atoms with Crippen LogP contribution in [0.15, 0.2) is 0 Å². The van der Waals surface area contributed by atoms with Gasteiger partial charge in [0.1, 0.15) is 13.2 Å². The number of rotatable bonds is 19. The Balaban J connectivity index is 3.34. The minimum Gasteiger partial charge on any atom is -0.462 e. The molecule has 0 aliphatic carbocycles. The maximum absolute atomic E-state index is 11.7. The van der Waals surface area contributed by atoms with Crippen LogP contribution in [0.4, 0.5) is 0 Å². The van der Waals surface area contributed by atoms with Gasteiger partial charge in [0.05, 0.1) is 0 Å². The molecule has 0 radical (unpaired) electrons. The van der Waals surface area contributed by atoms with Gasteiger partial charge in [-0.3, -0.25) is 9.59 Å². The van der Waals surface area contributed by atoms with Crippen molar-refractivity contribution in [3.05, 3.63) is 0 Å². The molecule has 0 saturated heterocycles. The largest absolute Gasteiger partial charge is 0.462 e. The van der Waals surface area contributed by atoms with Gasteiger partial charge in [-0.25, -0.2) is 0 Å². The van der Waals surface area contributed by atoms with Crippen LogP contribution in [-0.4, -0.2) is 25.2 Å². The summed E-state index contributed by atoms with van der Waals surface area (Å²) in [5.74, 6) is 11.6. The second-order valence-electron chi connectivity index (χ2n) is 7.54. The quantitative estimate of drug-likeness (QED) is 0.139. The molecule has 0 aromatic heterocycles. The molecule has 0 unspecified atom stereocenters. The van der Waals surface area contributed by atoms with Crippen LogP contribution in [0.5, 0.6) is 0 Å². The molecule has 4 nitrogen and oxygen atoms in total. The Morgan fingerprint density at radius 2 is 0.867 bits per heavy atom. The molecule has 0 aliphatic rings. The SMILES string of the molecule is CC#CCCCCCCCCC(=O)OCCOC(=O)CCCCCCCCC#CC. The lowest BCUT2D eigenvalue weighted by molar-refractivity contribution is -0.152. The van der Waals surface area contributed by atoms with Gasteiger partial charge in [-0.1, -0.05) is 51.4 Å². The van der Waals surface area contributed by atoms with E-state index in [1.807, 2.05) is 13.8 Å². The summed E-state index contributed by atoms with van der Waals surface area (Å²) in [5.41, 5.74) is 0. The number of ether oxygens (including phenoxy) is 2. The molecule has 0 aromatic rings. The average Bonchev–Trinajstić information content (AvgIpc) is 2.74.